The zero-order valence-electron chi connectivity index (χ0n) is 47.9. The Hall–Kier alpha value is -0.840. The number of unbranched alkanes of at least 4 members (excludes halogenated alkanes) is 10. The van der Waals surface area contributed by atoms with Gasteiger partial charge in [0, 0.05) is 0 Å². The van der Waals surface area contributed by atoms with Crippen LogP contribution in [0, 0.1) is 0 Å². The summed E-state index contributed by atoms with van der Waals surface area (Å²) in [4.78, 5) is 0. The maximum Gasteiger partial charge on any atom is 0.187 e. The van der Waals surface area contributed by atoms with Gasteiger partial charge in [-0.3, -0.25) is 0 Å². The lowest BCUT2D eigenvalue weighted by Crippen LogP contribution is -2.70. The average Bonchev–Trinajstić information content (AvgIpc) is 3.38. The van der Waals surface area contributed by atoms with Crippen LogP contribution in [-0.2, 0) is 42.6 Å². The minimum absolute atomic E-state index is 0.555. The molecule has 5 aliphatic heterocycles. The summed E-state index contributed by atoms with van der Waals surface area (Å²) >= 11 is 0. The molecule has 448 valence electrons. The van der Waals surface area contributed by atoms with Crippen molar-refractivity contribution in [2.45, 2.75) is 319 Å². The van der Waals surface area contributed by atoms with Crippen LogP contribution in [0.2, 0.25) is 0 Å². The van der Waals surface area contributed by atoms with E-state index in [2.05, 4.69) is 61.2 Å². The van der Waals surface area contributed by atoms with E-state index >= 15 is 0 Å². The fraction of sp³-hybridized carbons (Fsp3) is 1.00. The summed E-state index contributed by atoms with van der Waals surface area (Å²) in [6, 6.07) is -3.13. The van der Waals surface area contributed by atoms with Crippen LogP contribution in [0.4, 0.5) is 0 Å². The van der Waals surface area contributed by atoms with E-state index in [1.54, 1.807) is 20.8 Å². The largest absolute Gasteiger partial charge is 0.388 e. The van der Waals surface area contributed by atoms with E-state index in [4.69, 9.17) is 42.6 Å². The molecule has 5 rings (SSSR count). The van der Waals surface area contributed by atoms with Gasteiger partial charge in [0.25, 0.3) is 0 Å². The number of hydrogen-bond acceptors (Lipinski definition) is 21. The molecule has 21 nitrogen and oxygen atoms in total. The molecule has 5 fully saturated rings. The fourth-order valence-electron chi connectivity index (χ4n) is 11.4. The van der Waals surface area contributed by atoms with Gasteiger partial charge in [0.15, 0.2) is 31.5 Å². The lowest BCUT2D eigenvalue weighted by molar-refractivity contribution is -0.386. The lowest BCUT2D eigenvalue weighted by Gasteiger charge is -2.51. The average molecular weight is 1090 g/mol. The molecule has 0 aromatic rings. The molecule has 0 radical (unpaired) electrons. The maximum absolute atomic E-state index is 12.7. The number of aliphatic hydroxyl groups excluding tert-OH is 7. The molecule has 0 aromatic carbocycles. The van der Waals surface area contributed by atoms with Crippen molar-refractivity contribution in [3.63, 3.8) is 0 Å². The molecule has 25 atom stereocenters. The van der Waals surface area contributed by atoms with Crippen molar-refractivity contribution in [3.8, 4) is 0 Å². The zero-order chi connectivity index (χ0) is 55.5. The lowest BCUT2D eigenvalue weighted by atomic mass is 9.93. The second-order valence-corrected chi connectivity index (χ2v) is 22.4. The van der Waals surface area contributed by atoms with Crippen molar-refractivity contribution in [2.75, 3.05) is 32.7 Å². The van der Waals surface area contributed by atoms with Gasteiger partial charge in [0.1, 0.15) is 61.0 Å². The summed E-state index contributed by atoms with van der Waals surface area (Å²) in [6.45, 7) is 22.6. The molecule has 5 heterocycles. The van der Waals surface area contributed by atoms with Crippen LogP contribution in [0.3, 0.4) is 0 Å². The van der Waals surface area contributed by atoms with Gasteiger partial charge in [-0.2, -0.15) is 0 Å². The number of ether oxygens (including phenoxy) is 9. The Morgan fingerprint density at radius 3 is 0.947 bits per heavy atom. The summed E-state index contributed by atoms with van der Waals surface area (Å²) in [5.41, 5.74) is 0. The van der Waals surface area contributed by atoms with Crippen LogP contribution in [-0.4, -0.2) is 222 Å². The van der Waals surface area contributed by atoms with Gasteiger partial charge in [-0.05, 0) is 99.4 Å². The number of rotatable bonds is 33. The first kappa shape index (κ1) is 66.0. The van der Waals surface area contributed by atoms with E-state index in [9.17, 15) is 35.7 Å². The Morgan fingerprint density at radius 2 is 0.566 bits per heavy atom. The van der Waals surface area contributed by atoms with Crippen molar-refractivity contribution in [1.29, 1.82) is 0 Å². The Kier molecular flexibility index (Phi) is 29.4. The molecule has 5 saturated heterocycles. The van der Waals surface area contributed by atoms with Crippen molar-refractivity contribution < 1.29 is 78.4 Å². The third kappa shape index (κ3) is 18.1. The molecule has 0 spiro atoms. The SMILES string of the molecule is CCCCCN[C@H]1[C@H](O)[C@H](O)[C@@H](O[C@@H]2[C@@H](O[C@@H]3[C@H](O)[C@@H](O[C@@H]4[C@@H](O[C@H]5[C@@H](O)[C@H](NCCCCC)[C@@H](C)O[C@@H]5O)O[C@H](C)[C@@H](NCCCCC)[C@@H]4O)O[C@H](C)[C@H]3NCCCCC)O[C@H](C)[C@@H](NCCCCC)[C@@H]2O)O[C@@H]1C. The molecule has 0 unspecified atom stereocenters. The van der Waals surface area contributed by atoms with Crippen molar-refractivity contribution >= 4 is 0 Å². The van der Waals surface area contributed by atoms with Gasteiger partial charge >= 0.3 is 0 Å². The standard InChI is InChI=1S/C55H107N5O16/c1-11-16-21-26-56-36-32(7)69-52(45(65)41(36)61)75-49-43(63)38(58-28-23-18-13-3)33(8)71-54(49)73-47-40(60-30-25-20-15-5)35(10)70-53(46(47)66)76-50-44(64)39(59-29-24-19-14-4)34(9)72-55(50)74-48-42(62)37(31(6)68-51(48)67)57-27-22-17-12-2/h31-67H,11-30H2,1-10H3/t31-,32-,33-,34-,35-,36-,37-,38-,39-,40-,41+,42+,43+,44+,45+,46+,47+,48+,49+,50+,51+,52-,53-,54-,55-/m1/s1. The van der Waals surface area contributed by atoms with Crippen LogP contribution in [0.5, 0.6) is 0 Å². The van der Waals surface area contributed by atoms with Gasteiger partial charge < -0.3 is 105 Å². The third-order valence-corrected chi connectivity index (χ3v) is 16.1. The summed E-state index contributed by atoms with van der Waals surface area (Å²) < 4.78 is 58.5. The van der Waals surface area contributed by atoms with Gasteiger partial charge in [0.05, 0.1) is 60.7 Å². The second-order valence-electron chi connectivity index (χ2n) is 22.4. The summed E-state index contributed by atoms with van der Waals surface area (Å²) in [6.07, 6.45) is -9.34. The Morgan fingerprint density at radius 1 is 0.289 bits per heavy atom. The van der Waals surface area contributed by atoms with Crippen molar-refractivity contribution in [2.24, 2.45) is 0 Å². The van der Waals surface area contributed by atoms with Crippen molar-refractivity contribution in [3.05, 3.63) is 0 Å². The van der Waals surface area contributed by atoms with E-state index in [1.807, 2.05) is 13.8 Å². The van der Waals surface area contributed by atoms with E-state index in [1.165, 1.54) is 0 Å². The highest BCUT2D eigenvalue weighted by Crippen LogP contribution is 2.36. The summed E-state index contributed by atoms with van der Waals surface area (Å²) in [5.74, 6) is 0. The molecule has 76 heavy (non-hydrogen) atoms. The van der Waals surface area contributed by atoms with Crippen LogP contribution in [0.25, 0.3) is 0 Å². The third-order valence-electron chi connectivity index (χ3n) is 16.1. The van der Waals surface area contributed by atoms with E-state index in [0.717, 1.165) is 96.3 Å². The first-order valence-electron chi connectivity index (χ1n) is 29.9. The Balaban J connectivity index is 1.46. The molecule has 5 aliphatic rings. The summed E-state index contributed by atoms with van der Waals surface area (Å²) in [7, 11) is 0. The molecule has 21 heteroatoms. The minimum atomic E-state index is -1.59. The molecular formula is C55H107N5O16. The highest BCUT2D eigenvalue weighted by molar-refractivity contribution is 5.02. The molecule has 0 saturated carbocycles. The summed E-state index contributed by atoms with van der Waals surface area (Å²) in [5, 5.41) is 101. The van der Waals surface area contributed by atoms with E-state index < -0.39 is 153 Å². The maximum atomic E-state index is 12.7. The molecule has 0 amide bonds. The Labute approximate surface area is 455 Å². The van der Waals surface area contributed by atoms with Gasteiger partial charge in [-0.1, -0.05) is 98.8 Å². The smallest absolute Gasteiger partial charge is 0.187 e. The van der Waals surface area contributed by atoms with E-state index in [0.29, 0.717) is 32.7 Å². The van der Waals surface area contributed by atoms with Gasteiger partial charge in [-0.15, -0.1) is 0 Å². The molecule has 0 bridgehead atoms. The predicted octanol–water partition coefficient (Wildman–Crippen LogP) is 2.15. The highest BCUT2D eigenvalue weighted by atomic mass is 16.8. The quantitative estimate of drug-likeness (QED) is 0.0420. The molecular weight excluding hydrogens is 987 g/mol. The predicted molar refractivity (Wildman–Crippen MR) is 286 cm³/mol. The fourth-order valence-corrected chi connectivity index (χ4v) is 11.4. The second kappa shape index (κ2) is 33.9. The normalized spacial score (nSPS) is 42.4. The van der Waals surface area contributed by atoms with Crippen molar-refractivity contribution in [1.82, 2.24) is 26.6 Å². The number of aliphatic hydroxyl groups is 7. The minimum Gasteiger partial charge on any atom is -0.388 e. The van der Waals surface area contributed by atoms with Gasteiger partial charge in [-0.25, -0.2) is 0 Å². The number of hydrogen-bond donors (Lipinski definition) is 12. The van der Waals surface area contributed by atoms with Crippen LogP contribution in [0.15, 0.2) is 0 Å². The van der Waals surface area contributed by atoms with Crippen LogP contribution >= 0.6 is 0 Å². The zero-order valence-corrected chi connectivity index (χ0v) is 47.9. The molecule has 0 aliphatic carbocycles. The first-order valence-corrected chi connectivity index (χ1v) is 29.9. The van der Waals surface area contributed by atoms with Gasteiger partial charge in [0.2, 0.25) is 0 Å². The number of nitrogens with one attached hydrogen (secondary N) is 5. The monoisotopic (exact) mass is 1090 g/mol. The van der Waals surface area contributed by atoms with Crippen LogP contribution < -0.4 is 26.6 Å². The molecule has 12 N–H and O–H groups in total. The first-order chi connectivity index (χ1) is 36.5. The topological polar surface area (TPSA) is 285 Å². The molecule has 0 aromatic heterocycles. The Bertz CT molecular complexity index is 1560. The highest BCUT2D eigenvalue weighted by Gasteiger charge is 2.56. The van der Waals surface area contributed by atoms with E-state index in [-0.39, 0.29) is 0 Å². The van der Waals surface area contributed by atoms with Crippen LogP contribution in [0.1, 0.15) is 166 Å².